The van der Waals surface area contributed by atoms with Crippen LogP contribution < -0.4 is 4.90 Å². The molecular weight excluding hydrogens is 392 g/mol. The Morgan fingerprint density at radius 2 is 1.76 bits per heavy atom. The maximum absolute atomic E-state index is 13.0. The molecule has 2 fully saturated rings. The fraction of sp³-hybridized carbons (Fsp3) is 0.700. The second kappa shape index (κ2) is 8.97. The van der Waals surface area contributed by atoms with Crippen molar-refractivity contribution >= 4 is 21.4 Å². The minimum Gasteiger partial charge on any atom is -0.366 e. The number of rotatable bonds is 6. The minimum absolute atomic E-state index is 0.0108. The molecule has 162 valence electrons. The van der Waals surface area contributed by atoms with E-state index >= 15 is 0 Å². The van der Waals surface area contributed by atoms with E-state index in [0.717, 1.165) is 45.3 Å². The highest BCUT2D eigenvalue weighted by Crippen LogP contribution is 2.34. The summed E-state index contributed by atoms with van der Waals surface area (Å²) in [7, 11) is -1.85. The highest BCUT2D eigenvalue weighted by atomic mass is 32.2. The quantitative estimate of drug-likeness (QED) is 0.515. The van der Waals surface area contributed by atoms with E-state index in [1.54, 1.807) is 6.07 Å². The summed E-state index contributed by atoms with van der Waals surface area (Å²) in [6.45, 7) is 8.14. The summed E-state index contributed by atoms with van der Waals surface area (Å²) in [6, 6.07) is 4.57. The number of nitro benzene ring substituents is 1. The zero-order valence-corrected chi connectivity index (χ0v) is 18.4. The van der Waals surface area contributed by atoms with Gasteiger partial charge in [-0.2, -0.15) is 4.31 Å². The van der Waals surface area contributed by atoms with Crippen LogP contribution in [0.5, 0.6) is 0 Å². The van der Waals surface area contributed by atoms with E-state index < -0.39 is 14.9 Å². The molecule has 0 saturated carbocycles. The lowest BCUT2D eigenvalue weighted by molar-refractivity contribution is -0.384. The number of sulfonamides is 1. The zero-order chi connectivity index (χ0) is 21.2. The molecule has 0 unspecified atom stereocenters. The summed E-state index contributed by atoms with van der Waals surface area (Å²) in [5.41, 5.74) is 0.341. The first-order chi connectivity index (χ1) is 13.7. The average molecular weight is 425 g/mol. The first kappa shape index (κ1) is 22.0. The van der Waals surface area contributed by atoms with Gasteiger partial charge in [0.1, 0.15) is 5.69 Å². The van der Waals surface area contributed by atoms with Crippen LogP contribution in [0.15, 0.2) is 23.1 Å². The third-order valence-electron chi connectivity index (χ3n) is 6.46. The van der Waals surface area contributed by atoms with Crippen molar-refractivity contribution in [3.63, 3.8) is 0 Å². The van der Waals surface area contributed by atoms with E-state index in [1.165, 1.54) is 16.4 Å². The van der Waals surface area contributed by atoms with Crippen LogP contribution >= 0.6 is 0 Å². The van der Waals surface area contributed by atoms with E-state index in [4.69, 9.17) is 0 Å². The number of hydrogen-bond acceptors (Lipinski definition) is 6. The van der Waals surface area contributed by atoms with Crippen molar-refractivity contribution in [1.82, 2.24) is 9.21 Å². The Hall–Kier alpha value is -1.71. The Morgan fingerprint density at radius 3 is 2.31 bits per heavy atom. The van der Waals surface area contributed by atoms with Crippen LogP contribution in [-0.4, -0.2) is 68.4 Å². The molecule has 2 aliphatic rings. The molecule has 2 heterocycles. The van der Waals surface area contributed by atoms with E-state index in [0.29, 0.717) is 24.7 Å². The predicted molar refractivity (Wildman–Crippen MR) is 114 cm³/mol. The maximum Gasteiger partial charge on any atom is 0.293 e. The smallest absolute Gasteiger partial charge is 0.293 e. The van der Waals surface area contributed by atoms with Gasteiger partial charge in [-0.25, -0.2) is 8.42 Å². The number of nitrogens with zero attached hydrogens (tertiary/aromatic N) is 4. The van der Waals surface area contributed by atoms with Crippen molar-refractivity contribution < 1.29 is 13.3 Å². The molecule has 0 amide bonds. The zero-order valence-electron chi connectivity index (χ0n) is 17.6. The lowest BCUT2D eigenvalue weighted by atomic mass is 10.0. The van der Waals surface area contributed by atoms with Crippen LogP contribution in [0.1, 0.15) is 39.5 Å². The predicted octanol–water partition coefficient (Wildman–Crippen LogP) is 2.94. The van der Waals surface area contributed by atoms with E-state index in [9.17, 15) is 18.5 Å². The van der Waals surface area contributed by atoms with Gasteiger partial charge in [-0.05, 0) is 50.3 Å². The molecule has 3 rings (SSSR count). The minimum atomic E-state index is -3.72. The Labute approximate surface area is 173 Å². The van der Waals surface area contributed by atoms with Crippen LogP contribution in [0.25, 0.3) is 0 Å². The maximum atomic E-state index is 13.0. The third kappa shape index (κ3) is 4.73. The molecule has 8 nitrogen and oxygen atoms in total. The molecule has 0 radical (unpaired) electrons. The molecular formula is C20H32N4O4S. The molecule has 1 aromatic carbocycles. The van der Waals surface area contributed by atoms with Crippen molar-refractivity contribution in [1.29, 1.82) is 0 Å². The molecule has 0 aliphatic carbocycles. The first-order valence-corrected chi connectivity index (χ1v) is 11.9. The third-order valence-corrected chi connectivity index (χ3v) is 8.35. The summed E-state index contributed by atoms with van der Waals surface area (Å²) in [4.78, 5) is 15.6. The van der Waals surface area contributed by atoms with Crippen molar-refractivity contribution in [3.8, 4) is 0 Å². The van der Waals surface area contributed by atoms with Gasteiger partial charge >= 0.3 is 0 Å². The summed E-state index contributed by atoms with van der Waals surface area (Å²) in [5.74, 6) is 0.505. The lowest BCUT2D eigenvalue weighted by Gasteiger charge is -2.37. The van der Waals surface area contributed by atoms with Crippen LogP contribution in [0.4, 0.5) is 11.4 Å². The molecule has 0 bridgehead atoms. The van der Waals surface area contributed by atoms with Crippen molar-refractivity contribution in [3.05, 3.63) is 28.3 Å². The van der Waals surface area contributed by atoms with Gasteiger partial charge in [-0.1, -0.05) is 13.8 Å². The number of benzene rings is 1. The summed E-state index contributed by atoms with van der Waals surface area (Å²) in [5, 5.41) is 11.8. The molecule has 1 aromatic rings. The molecule has 29 heavy (non-hydrogen) atoms. The van der Waals surface area contributed by atoms with Gasteiger partial charge in [0.25, 0.3) is 5.69 Å². The van der Waals surface area contributed by atoms with Crippen molar-refractivity contribution in [2.24, 2.45) is 5.92 Å². The second-order valence-electron chi connectivity index (χ2n) is 8.27. The van der Waals surface area contributed by atoms with Gasteiger partial charge in [-0.3, -0.25) is 10.1 Å². The van der Waals surface area contributed by atoms with Crippen molar-refractivity contribution in [2.45, 2.75) is 50.5 Å². The molecule has 0 N–H and O–H groups in total. The Balaban J connectivity index is 1.85. The van der Waals surface area contributed by atoms with Gasteiger partial charge in [-0.15, -0.1) is 0 Å². The monoisotopic (exact) mass is 424 g/mol. The van der Waals surface area contributed by atoms with Crippen molar-refractivity contribution in [2.75, 3.05) is 44.7 Å². The van der Waals surface area contributed by atoms with Crippen LogP contribution in [0.3, 0.4) is 0 Å². The molecule has 0 aromatic heterocycles. The van der Waals surface area contributed by atoms with E-state index in [1.807, 2.05) is 11.9 Å². The lowest BCUT2D eigenvalue weighted by Crippen LogP contribution is -2.43. The molecule has 0 spiro atoms. The number of piperidine rings is 2. The summed E-state index contributed by atoms with van der Waals surface area (Å²) < 4.78 is 27.5. The van der Waals surface area contributed by atoms with Gasteiger partial charge in [0.05, 0.1) is 9.82 Å². The summed E-state index contributed by atoms with van der Waals surface area (Å²) in [6.07, 6.45) is 3.51. The SMILES string of the molecule is CCN1CCC(N(C)c2ccc(S(=O)(=O)N3CCC(C)CC3)cc2[N+](=O)[O-])CC1. The van der Waals surface area contributed by atoms with E-state index in [2.05, 4.69) is 18.7 Å². The molecule has 0 atom stereocenters. The standard InChI is InChI=1S/C20H32N4O4S/c1-4-22-11-9-17(10-12-22)21(3)19-6-5-18(15-20(19)24(25)26)29(27,28)23-13-7-16(2)8-14-23/h5-6,15-17H,4,7-14H2,1-3H3. The van der Waals surface area contributed by atoms with Crippen LogP contribution in [0, 0.1) is 16.0 Å². The van der Waals surface area contributed by atoms with Gasteiger partial charge < -0.3 is 9.80 Å². The molecule has 9 heteroatoms. The largest absolute Gasteiger partial charge is 0.366 e. The van der Waals surface area contributed by atoms with Gasteiger partial charge in [0.2, 0.25) is 10.0 Å². The highest BCUT2D eigenvalue weighted by molar-refractivity contribution is 7.89. The Kier molecular flexibility index (Phi) is 6.80. The second-order valence-corrected chi connectivity index (χ2v) is 10.2. The van der Waals surface area contributed by atoms with E-state index in [-0.39, 0.29) is 16.6 Å². The normalized spacial score (nSPS) is 20.7. The van der Waals surface area contributed by atoms with Crippen LogP contribution in [0.2, 0.25) is 0 Å². The number of anilines is 1. The first-order valence-electron chi connectivity index (χ1n) is 10.5. The topological polar surface area (TPSA) is 87.0 Å². The number of hydrogen-bond donors (Lipinski definition) is 0. The Bertz CT molecular complexity index is 829. The van der Waals surface area contributed by atoms with Gasteiger partial charge in [0.15, 0.2) is 0 Å². The molecule has 2 aliphatic heterocycles. The average Bonchev–Trinajstić information content (AvgIpc) is 2.73. The fourth-order valence-corrected chi connectivity index (χ4v) is 5.79. The number of likely N-dealkylation sites (tertiary alicyclic amines) is 1. The number of nitro groups is 1. The highest BCUT2D eigenvalue weighted by Gasteiger charge is 2.32. The molecule has 2 saturated heterocycles. The summed E-state index contributed by atoms with van der Waals surface area (Å²) >= 11 is 0. The Morgan fingerprint density at radius 1 is 1.14 bits per heavy atom. The van der Waals surface area contributed by atoms with Crippen LogP contribution in [-0.2, 0) is 10.0 Å². The fourth-order valence-electron chi connectivity index (χ4n) is 4.30. The van der Waals surface area contributed by atoms with Gasteiger partial charge in [0, 0.05) is 45.3 Å².